The van der Waals surface area contributed by atoms with Gasteiger partial charge in [0.2, 0.25) is 0 Å². The van der Waals surface area contributed by atoms with Gasteiger partial charge >= 0.3 is 17.8 Å². The Labute approximate surface area is 198 Å². The minimum absolute atomic E-state index is 0.207. The molecule has 0 fully saturated rings. The van der Waals surface area contributed by atoms with E-state index in [1.54, 1.807) is 42.7 Å². The van der Waals surface area contributed by atoms with Crippen LogP contribution in [0.2, 0.25) is 5.54 Å². The van der Waals surface area contributed by atoms with Crippen LogP contribution in [0.4, 0.5) is 0 Å². The fraction of sp³-hybridized carbons (Fsp3) is 1.00. The van der Waals surface area contributed by atoms with Crippen LogP contribution >= 0.6 is 0 Å². The third-order valence-corrected chi connectivity index (χ3v) is 11.3. The molecule has 0 saturated heterocycles. The SMILES string of the molecule is CCN(CCC(CCCN(C)CCN)[Si](OC)(OC)OC)NCCN[Si](OC)(OC)OC. The molecular weight excluding hydrogens is 450 g/mol. The number of nitrogens with one attached hydrogen (secondary N) is 2. The van der Waals surface area contributed by atoms with Gasteiger partial charge in [0.15, 0.2) is 0 Å². The number of hydrogen-bond donors (Lipinski definition) is 3. The van der Waals surface area contributed by atoms with E-state index in [0.717, 1.165) is 45.4 Å². The lowest BCUT2D eigenvalue weighted by Crippen LogP contribution is -2.59. The summed E-state index contributed by atoms with van der Waals surface area (Å²) in [5.41, 5.74) is 9.33. The van der Waals surface area contributed by atoms with Crippen molar-refractivity contribution < 1.29 is 26.6 Å². The van der Waals surface area contributed by atoms with Gasteiger partial charge in [0.1, 0.15) is 0 Å². The minimum atomic E-state index is -2.77. The molecule has 13 heteroatoms. The second-order valence-corrected chi connectivity index (χ2v) is 13.5. The first-order valence-electron chi connectivity index (χ1n) is 11.3. The lowest BCUT2D eigenvalue weighted by atomic mass is 10.1. The smallest absolute Gasteiger partial charge is 0.377 e. The Bertz CT molecular complexity index is 434. The Balaban J connectivity index is 4.81. The second kappa shape index (κ2) is 18.3. The molecule has 0 amide bonds. The number of hydrazine groups is 1. The Morgan fingerprint density at radius 2 is 1.41 bits per heavy atom. The third kappa shape index (κ3) is 10.9. The van der Waals surface area contributed by atoms with Crippen LogP contribution < -0.4 is 16.1 Å². The quantitative estimate of drug-likeness (QED) is 0.107. The minimum Gasteiger partial charge on any atom is -0.377 e. The van der Waals surface area contributed by atoms with Crippen LogP contribution in [-0.2, 0) is 26.6 Å². The molecule has 0 saturated carbocycles. The molecule has 0 radical (unpaired) electrons. The van der Waals surface area contributed by atoms with Crippen molar-refractivity contribution in [3.05, 3.63) is 0 Å². The molecule has 0 aliphatic carbocycles. The number of likely N-dealkylation sites (N-methyl/N-ethyl adjacent to an activating group) is 1. The van der Waals surface area contributed by atoms with Crippen molar-refractivity contribution in [2.75, 3.05) is 95.5 Å². The predicted octanol–water partition coefficient (Wildman–Crippen LogP) is 0.0864. The molecule has 0 aromatic heterocycles. The molecular formula is C19H49N5O6Si2. The molecule has 0 aromatic carbocycles. The third-order valence-electron chi connectivity index (χ3n) is 5.69. The summed E-state index contributed by atoms with van der Waals surface area (Å²) >= 11 is 0. The number of rotatable bonds is 22. The van der Waals surface area contributed by atoms with E-state index in [1.807, 2.05) is 0 Å². The van der Waals surface area contributed by atoms with Crippen molar-refractivity contribution >= 4 is 17.8 Å². The van der Waals surface area contributed by atoms with Crippen LogP contribution in [0.25, 0.3) is 0 Å². The largest absolute Gasteiger partial charge is 0.596 e. The highest BCUT2D eigenvalue weighted by Crippen LogP contribution is 2.32. The maximum Gasteiger partial charge on any atom is 0.596 e. The fourth-order valence-electron chi connectivity index (χ4n) is 3.74. The molecule has 11 nitrogen and oxygen atoms in total. The monoisotopic (exact) mass is 499 g/mol. The van der Waals surface area contributed by atoms with E-state index in [-0.39, 0.29) is 5.54 Å². The maximum atomic E-state index is 5.82. The molecule has 32 heavy (non-hydrogen) atoms. The fourth-order valence-corrected chi connectivity index (χ4v) is 7.65. The van der Waals surface area contributed by atoms with E-state index in [1.165, 1.54) is 0 Å². The zero-order valence-corrected chi connectivity index (χ0v) is 23.6. The summed E-state index contributed by atoms with van der Waals surface area (Å²) in [5.74, 6) is 0. The van der Waals surface area contributed by atoms with Crippen LogP contribution in [0.15, 0.2) is 0 Å². The summed E-state index contributed by atoms with van der Waals surface area (Å²) in [6.07, 6.45) is 2.91. The Kier molecular flexibility index (Phi) is 18.3. The molecule has 0 bridgehead atoms. The van der Waals surface area contributed by atoms with Crippen LogP contribution in [0.5, 0.6) is 0 Å². The molecule has 1 atom stereocenters. The molecule has 0 aromatic rings. The molecule has 194 valence electrons. The van der Waals surface area contributed by atoms with Crippen molar-refractivity contribution in [2.45, 2.75) is 31.7 Å². The second-order valence-electron chi connectivity index (χ2n) is 7.52. The summed E-state index contributed by atoms with van der Waals surface area (Å²) in [4.78, 5) is 5.50. The van der Waals surface area contributed by atoms with E-state index in [0.29, 0.717) is 19.6 Å². The first kappa shape index (κ1) is 32.0. The van der Waals surface area contributed by atoms with Gasteiger partial charge in [0.25, 0.3) is 0 Å². The van der Waals surface area contributed by atoms with Crippen molar-refractivity contribution in [3.63, 3.8) is 0 Å². The van der Waals surface area contributed by atoms with E-state index in [9.17, 15) is 0 Å². The van der Waals surface area contributed by atoms with Gasteiger partial charge in [-0.25, -0.2) is 5.01 Å². The summed E-state index contributed by atoms with van der Waals surface area (Å²) in [7, 11) is 6.40. The Morgan fingerprint density at radius 1 is 0.812 bits per heavy atom. The van der Waals surface area contributed by atoms with Crippen molar-refractivity contribution in [1.29, 1.82) is 0 Å². The highest BCUT2D eigenvalue weighted by atomic mass is 28.4. The summed E-state index contributed by atoms with van der Waals surface area (Å²) in [5, 5.41) is 2.20. The predicted molar refractivity (Wildman–Crippen MR) is 131 cm³/mol. The van der Waals surface area contributed by atoms with Crippen molar-refractivity contribution in [1.82, 2.24) is 20.3 Å². The van der Waals surface area contributed by atoms with Gasteiger partial charge in [-0.05, 0) is 32.9 Å². The Morgan fingerprint density at radius 3 is 1.88 bits per heavy atom. The zero-order valence-electron chi connectivity index (χ0n) is 21.6. The van der Waals surface area contributed by atoms with Crippen LogP contribution in [0.1, 0.15) is 26.2 Å². The molecule has 0 spiro atoms. The lowest BCUT2D eigenvalue weighted by Gasteiger charge is -2.34. The maximum absolute atomic E-state index is 5.82. The molecule has 0 rings (SSSR count). The van der Waals surface area contributed by atoms with Gasteiger partial charge in [-0.2, -0.15) is 0 Å². The highest BCUT2D eigenvalue weighted by Gasteiger charge is 2.46. The summed E-state index contributed by atoms with van der Waals surface area (Å²) < 4.78 is 33.6. The van der Waals surface area contributed by atoms with Gasteiger partial charge in [-0.1, -0.05) is 6.92 Å². The Hall–Kier alpha value is -0.00623. The number of nitrogens with zero attached hydrogens (tertiary/aromatic N) is 2. The van der Waals surface area contributed by atoms with Gasteiger partial charge < -0.3 is 37.2 Å². The standard InChI is InChI=1S/C19H49N5O6Si2/c1-9-24(21-14-15-22-32(28-6,29-7)30-8)17-12-19(31(25-3,26-4)27-5)11-10-16-23(2)18-13-20/h19,21-22H,9-18,20H2,1-8H3. The van der Waals surface area contributed by atoms with E-state index in [4.69, 9.17) is 32.3 Å². The number of hydrogen-bond acceptors (Lipinski definition) is 11. The normalized spacial score (nSPS) is 14.0. The van der Waals surface area contributed by atoms with Crippen LogP contribution in [0.3, 0.4) is 0 Å². The van der Waals surface area contributed by atoms with Crippen LogP contribution in [0, 0.1) is 0 Å². The molecule has 0 aliphatic rings. The lowest BCUT2D eigenvalue weighted by molar-refractivity contribution is 0.100. The molecule has 4 N–H and O–H groups in total. The van der Waals surface area contributed by atoms with Gasteiger partial charge in [-0.15, -0.1) is 0 Å². The van der Waals surface area contributed by atoms with E-state index >= 15 is 0 Å². The zero-order chi connectivity index (χ0) is 24.5. The molecule has 0 heterocycles. The topological polar surface area (TPSA) is 112 Å². The highest BCUT2D eigenvalue weighted by molar-refractivity contribution is 6.62. The first-order valence-corrected chi connectivity index (χ1v) is 14.8. The van der Waals surface area contributed by atoms with E-state index in [2.05, 4.69) is 34.3 Å². The average Bonchev–Trinajstić information content (AvgIpc) is 2.82. The van der Waals surface area contributed by atoms with Gasteiger partial charge in [0.05, 0.1) is 0 Å². The van der Waals surface area contributed by atoms with Crippen LogP contribution in [-0.4, -0.2) is 123 Å². The van der Waals surface area contributed by atoms with E-state index < -0.39 is 17.8 Å². The first-order chi connectivity index (χ1) is 15.4. The number of nitrogens with two attached hydrogens (primary N) is 1. The van der Waals surface area contributed by atoms with Gasteiger partial charge in [-0.3, -0.25) is 10.4 Å². The van der Waals surface area contributed by atoms with Gasteiger partial charge in [0, 0.05) is 87.5 Å². The molecule has 1 unspecified atom stereocenters. The average molecular weight is 500 g/mol. The summed E-state index contributed by atoms with van der Waals surface area (Å²) in [6, 6.07) is 0. The summed E-state index contributed by atoms with van der Waals surface area (Å²) in [6.45, 7) is 7.77. The molecule has 0 aliphatic heterocycles. The van der Waals surface area contributed by atoms with Crippen molar-refractivity contribution in [2.24, 2.45) is 5.73 Å². The van der Waals surface area contributed by atoms with Crippen molar-refractivity contribution in [3.8, 4) is 0 Å².